The summed E-state index contributed by atoms with van der Waals surface area (Å²) < 4.78 is 16.1. The second-order valence-electron chi connectivity index (χ2n) is 5.68. The summed E-state index contributed by atoms with van der Waals surface area (Å²) in [6.07, 6.45) is 0.711. The number of hydrogen-bond acceptors (Lipinski definition) is 5. The Hall–Kier alpha value is -2.05. The number of carbonyl (C=O) groups is 1. The zero-order valence-electron chi connectivity index (χ0n) is 15.9. The highest BCUT2D eigenvalue weighted by molar-refractivity contribution is 8.00. The number of methoxy groups -OCH3 is 3. The summed E-state index contributed by atoms with van der Waals surface area (Å²) in [4.78, 5) is 13.6. The van der Waals surface area contributed by atoms with Crippen molar-refractivity contribution in [2.45, 2.75) is 30.0 Å². The highest BCUT2D eigenvalue weighted by Gasteiger charge is 2.20. The van der Waals surface area contributed by atoms with Gasteiger partial charge in [0.15, 0.2) is 11.5 Å². The van der Waals surface area contributed by atoms with Crippen LogP contribution in [0.3, 0.4) is 0 Å². The monoisotopic (exact) mass is 409 g/mol. The van der Waals surface area contributed by atoms with Crippen LogP contribution < -0.4 is 19.5 Å². The molecule has 2 rings (SSSR count). The van der Waals surface area contributed by atoms with Crippen molar-refractivity contribution >= 4 is 29.3 Å². The maximum Gasteiger partial charge on any atom is 0.233 e. The Balaban J connectivity index is 2.08. The maximum atomic E-state index is 12.6. The number of thioether (sulfide) groups is 1. The molecule has 0 aliphatic rings. The van der Waals surface area contributed by atoms with E-state index in [9.17, 15) is 4.79 Å². The molecule has 27 heavy (non-hydrogen) atoms. The Morgan fingerprint density at radius 1 is 1.04 bits per heavy atom. The Bertz CT molecular complexity index is 767. The second-order valence-corrected chi connectivity index (χ2v) is 7.39. The zero-order chi connectivity index (χ0) is 19.8. The van der Waals surface area contributed by atoms with E-state index in [4.69, 9.17) is 25.8 Å². The van der Waals surface area contributed by atoms with Gasteiger partial charge in [-0.25, -0.2) is 0 Å². The molecule has 0 radical (unpaired) electrons. The lowest BCUT2D eigenvalue weighted by atomic mass is 10.1. The summed E-state index contributed by atoms with van der Waals surface area (Å²) in [6, 6.07) is 11.1. The molecule has 7 heteroatoms. The average molecular weight is 410 g/mol. The normalized spacial score (nSPS) is 11.6. The number of hydrogen-bond donors (Lipinski definition) is 1. The van der Waals surface area contributed by atoms with Gasteiger partial charge in [-0.1, -0.05) is 18.5 Å². The molecule has 1 atom stereocenters. The number of rotatable bonds is 9. The fraction of sp³-hybridized carbons (Fsp3) is 0.350. The van der Waals surface area contributed by atoms with Crippen LogP contribution in [-0.4, -0.2) is 32.5 Å². The Kier molecular flexibility index (Phi) is 8.13. The van der Waals surface area contributed by atoms with Gasteiger partial charge < -0.3 is 19.5 Å². The zero-order valence-corrected chi connectivity index (χ0v) is 17.4. The van der Waals surface area contributed by atoms with Crippen molar-refractivity contribution in [3.05, 3.63) is 47.0 Å². The third kappa shape index (κ3) is 5.47. The van der Waals surface area contributed by atoms with Crippen LogP contribution in [0, 0.1) is 0 Å². The summed E-state index contributed by atoms with van der Waals surface area (Å²) in [5, 5.41) is 3.46. The SMILES string of the molecule is CC[C@@H](Sc1ccc(Cl)cc1)C(=O)NCc1ccc(OC)c(OC)c1OC. The van der Waals surface area contributed by atoms with Gasteiger partial charge in [0.05, 0.1) is 26.6 Å². The van der Waals surface area contributed by atoms with Crippen molar-refractivity contribution in [1.82, 2.24) is 5.32 Å². The summed E-state index contributed by atoms with van der Waals surface area (Å²) in [6.45, 7) is 2.32. The first kappa shape index (κ1) is 21.3. The van der Waals surface area contributed by atoms with Crippen molar-refractivity contribution in [3.8, 4) is 17.2 Å². The van der Waals surface area contributed by atoms with E-state index >= 15 is 0 Å². The first-order valence-corrected chi connectivity index (χ1v) is 9.77. The van der Waals surface area contributed by atoms with Crippen LogP contribution in [0.5, 0.6) is 17.2 Å². The molecule has 0 bridgehead atoms. The Labute approximate surface area is 169 Å². The highest BCUT2D eigenvalue weighted by Crippen LogP contribution is 2.39. The largest absolute Gasteiger partial charge is 0.493 e. The van der Waals surface area contributed by atoms with Crippen LogP contribution in [-0.2, 0) is 11.3 Å². The van der Waals surface area contributed by atoms with Gasteiger partial charge in [-0.15, -0.1) is 11.8 Å². The Morgan fingerprint density at radius 3 is 2.26 bits per heavy atom. The number of benzene rings is 2. The molecule has 0 saturated carbocycles. The molecule has 0 spiro atoms. The molecule has 0 aliphatic heterocycles. The van der Waals surface area contributed by atoms with Gasteiger partial charge >= 0.3 is 0 Å². The predicted octanol–water partition coefficient (Wildman–Crippen LogP) is 4.55. The molecule has 0 heterocycles. The molecule has 146 valence electrons. The molecule has 0 saturated heterocycles. The fourth-order valence-electron chi connectivity index (χ4n) is 2.60. The van der Waals surface area contributed by atoms with Crippen LogP contribution in [0.25, 0.3) is 0 Å². The van der Waals surface area contributed by atoms with E-state index in [1.165, 1.54) is 11.8 Å². The van der Waals surface area contributed by atoms with Crippen LogP contribution in [0.1, 0.15) is 18.9 Å². The lowest BCUT2D eigenvalue weighted by molar-refractivity contribution is -0.120. The number of ether oxygens (including phenoxy) is 3. The van der Waals surface area contributed by atoms with Crippen LogP contribution in [0.15, 0.2) is 41.3 Å². The smallest absolute Gasteiger partial charge is 0.233 e. The summed E-state index contributed by atoms with van der Waals surface area (Å²) in [5.74, 6) is 1.60. The molecule has 1 N–H and O–H groups in total. The van der Waals surface area contributed by atoms with Crippen LogP contribution in [0.4, 0.5) is 0 Å². The molecular formula is C20H24ClNO4S. The fourth-order valence-corrected chi connectivity index (χ4v) is 3.70. The minimum Gasteiger partial charge on any atom is -0.493 e. The summed E-state index contributed by atoms with van der Waals surface area (Å²) >= 11 is 7.44. The quantitative estimate of drug-likeness (QED) is 0.615. The molecule has 0 aromatic heterocycles. The molecule has 2 aromatic carbocycles. The number of amides is 1. The van der Waals surface area contributed by atoms with Crippen LogP contribution >= 0.6 is 23.4 Å². The Morgan fingerprint density at radius 2 is 1.70 bits per heavy atom. The molecular weight excluding hydrogens is 386 g/mol. The predicted molar refractivity (Wildman–Crippen MR) is 109 cm³/mol. The van der Waals surface area contributed by atoms with Crippen molar-refractivity contribution in [1.29, 1.82) is 0 Å². The highest BCUT2D eigenvalue weighted by atomic mass is 35.5. The van der Waals surface area contributed by atoms with E-state index in [0.717, 1.165) is 10.5 Å². The van der Waals surface area contributed by atoms with Gasteiger partial charge in [0.1, 0.15) is 0 Å². The van der Waals surface area contributed by atoms with E-state index in [0.29, 0.717) is 35.2 Å². The van der Waals surface area contributed by atoms with Crippen molar-refractivity contribution in [2.24, 2.45) is 0 Å². The van der Waals surface area contributed by atoms with Gasteiger partial charge in [-0.05, 0) is 42.8 Å². The average Bonchev–Trinajstić information content (AvgIpc) is 2.70. The summed E-state index contributed by atoms with van der Waals surface area (Å²) in [7, 11) is 4.69. The topological polar surface area (TPSA) is 56.8 Å². The third-order valence-corrected chi connectivity index (χ3v) is 5.62. The molecule has 5 nitrogen and oxygen atoms in total. The number of halogens is 1. The van der Waals surface area contributed by atoms with E-state index in [1.807, 2.05) is 37.3 Å². The van der Waals surface area contributed by atoms with Crippen LogP contribution in [0.2, 0.25) is 5.02 Å². The minimum atomic E-state index is -0.197. The van der Waals surface area contributed by atoms with E-state index in [2.05, 4.69) is 5.32 Å². The second kappa shape index (κ2) is 10.3. The lowest BCUT2D eigenvalue weighted by Crippen LogP contribution is -2.32. The summed E-state index contributed by atoms with van der Waals surface area (Å²) in [5.41, 5.74) is 0.815. The first-order valence-electron chi connectivity index (χ1n) is 8.51. The lowest BCUT2D eigenvalue weighted by Gasteiger charge is -2.18. The standard InChI is InChI=1S/C20H24ClNO4S/c1-5-17(27-15-9-7-14(21)8-10-15)20(23)22-12-13-6-11-16(24-2)19(26-4)18(13)25-3/h6-11,17H,5,12H2,1-4H3,(H,22,23)/t17-/m1/s1. The van der Waals surface area contributed by atoms with E-state index in [-0.39, 0.29) is 11.2 Å². The molecule has 0 aliphatic carbocycles. The van der Waals surface area contributed by atoms with Gasteiger partial charge in [0.2, 0.25) is 11.7 Å². The van der Waals surface area contributed by atoms with Crippen molar-refractivity contribution in [2.75, 3.05) is 21.3 Å². The minimum absolute atomic E-state index is 0.0331. The van der Waals surface area contributed by atoms with Gasteiger partial charge in [0.25, 0.3) is 0 Å². The van der Waals surface area contributed by atoms with Crippen molar-refractivity contribution < 1.29 is 19.0 Å². The molecule has 0 unspecified atom stereocenters. The molecule has 2 aromatic rings. The van der Waals surface area contributed by atoms with Gasteiger partial charge in [-0.2, -0.15) is 0 Å². The molecule has 1 amide bonds. The maximum absolute atomic E-state index is 12.6. The van der Waals surface area contributed by atoms with Gasteiger partial charge in [0, 0.05) is 22.0 Å². The third-order valence-electron chi connectivity index (χ3n) is 3.99. The van der Waals surface area contributed by atoms with Crippen molar-refractivity contribution in [3.63, 3.8) is 0 Å². The number of carbonyl (C=O) groups excluding carboxylic acids is 1. The molecule has 0 fully saturated rings. The van der Waals surface area contributed by atoms with E-state index in [1.54, 1.807) is 27.4 Å². The number of nitrogens with one attached hydrogen (secondary N) is 1. The van der Waals surface area contributed by atoms with Gasteiger partial charge in [-0.3, -0.25) is 4.79 Å². The first-order chi connectivity index (χ1) is 13.0. The van der Waals surface area contributed by atoms with E-state index < -0.39 is 0 Å².